The van der Waals surface area contributed by atoms with Gasteiger partial charge in [-0.2, -0.15) is 5.10 Å². The minimum absolute atomic E-state index is 0.00892. The third kappa shape index (κ3) is 3.28. The Kier molecular flexibility index (Phi) is 4.89. The standard InChI is InChI=1S/C20H24FN5O2/c1-25-11-13(10-23-25)19-15(4-6-17(27)26(19)2)20(28)24-16-5-3-12-9-22-8-7-14(12)18(16)21/h3,5,10-11,15,19,22H,4,6-9H2,1-2H3,(H,24,28). The Morgan fingerprint density at radius 2 is 2.14 bits per heavy atom. The molecule has 0 saturated carbocycles. The number of nitrogens with one attached hydrogen (secondary N) is 2. The second-order valence-corrected chi connectivity index (χ2v) is 7.52. The Morgan fingerprint density at radius 1 is 1.32 bits per heavy atom. The fraction of sp³-hybridized carbons (Fsp3) is 0.450. The number of aryl methyl sites for hydroxylation is 1. The quantitative estimate of drug-likeness (QED) is 0.844. The maximum absolute atomic E-state index is 14.9. The topological polar surface area (TPSA) is 79.3 Å². The van der Waals surface area contributed by atoms with Crippen LogP contribution in [0.1, 0.15) is 35.6 Å². The summed E-state index contributed by atoms with van der Waals surface area (Å²) in [4.78, 5) is 26.9. The van der Waals surface area contributed by atoms with Crippen molar-refractivity contribution in [2.75, 3.05) is 18.9 Å². The molecule has 1 aromatic heterocycles. The molecule has 148 valence electrons. The number of aromatic nitrogens is 2. The normalized spacial score (nSPS) is 22.1. The Hall–Kier alpha value is -2.74. The van der Waals surface area contributed by atoms with E-state index in [0.29, 0.717) is 31.4 Å². The summed E-state index contributed by atoms with van der Waals surface area (Å²) < 4.78 is 16.6. The van der Waals surface area contributed by atoms with Crippen LogP contribution in [-0.4, -0.2) is 40.1 Å². The summed E-state index contributed by atoms with van der Waals surface area (Å²) in [5.74, 6) is -1.11. The highest BCUT2D eigenvalue weighted by molar-refractivity contribution is 5.95. The van der Waals surface area contributed by atoms with Crippen LogP contribution >= 0.6 is 0 Å². The van der Waals surface area contributed by atoms with Crippen molar-refractivity contribution in [2.45, 2.75) is 31.8 Å². The first kappa shape index (κ1) is 18.6. The molecule has 2 aliphatic rings. The van der Waals surface area contributed by atoms with Crippen LogP contribution < -0.4 is 10.6 Å². The van der Waals surface area contributed by atoms with E-state index in [1.54, 1.807) is 35.9 Å². The SMILES string of the molecule is CN1C(=O)CCC(C(=O)Nc2ccc3c(c2F)CCNC3)C1c1cnn(C)c1. The van der Waals surface area contributed by atoms with Crippen molar-refractivity contribution in [3.8, 4) is 0 Å². The molecule has 2 unspecified atom stereocenters. The molecule has 0 bridgehead atoms. The summed E-state index contributed by atoms with van der Waals surface area (Å²) in [6.45, 7) is 1.36. The zero-order valence-electron chi connectivity index (χ0n) is 16.0. The predicted octanol–water partition coefficient (Wildman–Crippen LogP) is 1.75. The van der Waals surface area contributed by atoms with Gasteiger partial charge in [-0.15, -0.1) is 0 Å². The van der Waals surface area contributed by atoms with Crippen LogP contribution in [0.2, 0.25) is 0 Å². The van der Waals surface area contributed by atoms with Crippen LogP contribution in [0.4, 0.5) is 10.1 Å². The molecule has 2 amide bonds. The van der Waals surface area contributed by atoms with E-state index in [1.807, 2.05) is 12.3 Å². The van der Waals surface area contributed by atoms with E-state index in [1.165, 1.54) is 0 Å². The van der Waals surface area contributed by atoms with Crippen LogP contribution in [0.15, 0.2) is 24.5 Å². The molecule has 2 atom stereocenters. The molecule has 0 spiro atoms. The van der Waals surface area contributed by atoms with E-state index in [2.05, 4.69) is 15.7 Å². The lowest BCUT2D eigenvalue weighted by Crippen LogP contribution is -2.44. The second-order valence-electron chi connectivity index (χ2n) is 7.52. The van der Waals surface area contributed by atoms with Crippen LogP contribution in [0.3, 0.4) is 0 Å². The molecule has 1 fully saturated rings. The van der Waals surface area contributed by atoms with Gasteiger partial charge in [0, 0.05) is 38.8 Å². The number of fused-ring (bicyclic) bond motifs is 1. The van der Waals surface area contributed by atoms with E-state index in [-0.39, 0.29) is 23.3 Å². The maximum atomic E-state index is 14.9. The van der Waals surface area contributed by atoms with Crippen molar-refractivity contribution in [3.63, 3.8) is 0 Å². The van der Waals surface area contributed by atoms with Gasteiger partial charge in [-0.1, -0.05) is 6.07 Å². The van der Waals surface area contributed by atoms with Crippen molar-refractivity contribution < 1.29 is 14.0 Å². The van der Waals surface area contributed by atoms with Crippen LogP contribution in [0.5, 0.6) is 0 Å². The number of hydrogen-bond acceptors (Lipinski definition) is 4. The minimum atomic E-state index is -0.469. The van der Waals surface area contributed by atoms with Crippen molar-refractivity contribution >= 4 is 17.5 Å². The van der Waals surface area contributed by atoms with Crippen molar-refractivity contribution in [2.24, 2.45) is 13.0 Å². The summed E-state index contributed by atoms with van der Waals surface area (Å²) in [5, 5.41) is 10.2. The van der Waals surface area contributed by atoms with Gasteiger partial charge in [-0.05, 0) is 36.6 Å². The van der Waals surface area contributed by atoms with Gasteiger partial charge >= 0.3 is 0 Å². The van der Waals surface area contributed by atoms with Gasteiger partial charge in [0.1, 0.15) is 5.82 Å². The number of benzene rings is 1. The molecule has 8 heteroatoms. The Balaban J connectivity index is 1.60. The van der Waals surface area contributed by atoms with Crippen molar-refractivity contribution in [1.82, 2.24) is 20.0 Å². The molecule has 0 aliphatic carbocycles. The Bertz CT molecular complexity index is 925. The van der Waals surface area contributed by atoms with Crippen LogP contribution in [0.25, 0.3) is 0 Å². The summed E-state index contributed by atoms with van der Waals surface area (Å²) in [7, 11) is 3.49. The number of amides is 2. The first-order valence-electron chi connectivity index (χ1n) is 9.51. The smallest absolute Gasteiger partial charge is 0.230 e. The Morgan fingerprint density at radius 3 is 2.89 bits per heavy atom. The first-order chi connectivity index (χ1) is 13.5. The van der Waals surface area contributed by atoms with Gasteiger partial charge in [0.15, 0.2) is 0 Å². The van der Waals surface area contributed by atoms with E-state index >= 15 is 0 Å². The average molecular weight is 385 g/mol. The Labute approximate surface area is 162 Å². The highest BCUT2D eigenvalue weighted by Crippen LogP contribution is 2.36. The lowest BCUT2D eigenvalue weighted by atomic mass is 9.85. The largest absolute Gasteiger partial charge is 0.338 e. The maximum Gasteiger partial charge on any atom is 0.230 e. The summed E-state index contributed by atoms with van der Waals surface area (Å²) >= 11 is 0. The highest BCUT2D eigenvalue weighted by Gasteiger charge is 2.39. The molecule has 2 N–H and O–H groups in total. The van der Waals surface area contributed by atoms with E-state index in [0.717, 1.165) is 17.7 Å². The van der Waals surface area contributed by atoms with Crippen LogP contribution in [-0.2, 0) is 29.6 Å². The molecule has 4 rings (SSSR count). The second kappa shape index (κ2) is 7.35. The molecular weight excluding hydrogens is 361 g/mol. The third-order valence-electron chi connectivity index (χ3n) is 5.73. The molecule has 3 heterocycles. The third-order valence-corrected chi connectivity index (χ3v) is 5.73. The zero-order valence-corrected chi connectivity index (χ0v) is 16.0. The van der Waals surface area contributed by atoms with Crippen molar-refractivity contribution in [3.05, 3.63) is 47.0 Å². The van der Waals surface area contributed by atoms with E-state index in [4.69, 9.17) is 0 Å². The summed E-state index contributed by atoms with van der Waals surface area (Å²) in [5.41, 5.74) is 2.60. The number of halogens is 1. The molecule has 1 saturated heterocycles. The number of nitrogens with zero attached hydrogens (tertiary/aromatic N) is 3. The molecule has 28 heavy (non-hydrogen) atoms. The van der Waals surface area contributed by atoms with Gasteiger partial charge in [0.2, 0.25) is 11.8 Å². The molecule has 0 radical (unpaired) electrons. The molecule has 1 aromatic carbocycles. The van der Waals surface area contributed by atoms with E-state index in [9.17, 15) is 14.0 Å². The van der Waals surface area contributed by atoms with Gasteiger partial charge in [0.05, 0.1) is 23.8 Å². The number of carbonyl (C=O) groups excluding carboxylic acids is 2. The zero-order chi connectivity index (χ0) is 19.8. The fourth-order valence-corrected chi connectivity index (χ4v) is 4.22. The van der Waals surface area contributed by atoms with Gasteiger partial charge in [0.25, 0.3) is 0 Å². The number of rotatable bonds is 3. The number of piperidine rings is 1. The number of anilines is 1. The minimum Gasteiger partial charge on any atom is -0.338 e. The molecule has 2 aromatic rings. The van der Waals surface area contributed by atoms with Gasteiger partial charge in [-0.25, -0.2) is 4.39 Å². The number of hydrogen-bond donors (Lipinski definition) is 2. The van der Waals surface area contributed by atoms with E-state index < -0.39 is 12.0 Å². The summed E-state index contributed by atoms with van der Waals surface area (Å²) in [6.07, 6.45) is 4.80. The molecule has 7 nitrogen and oxygen atoms in total. The van der Waals surface area contributed by atoms with Gasteiger partial charge in [-0.3, -0.25) is 14.3 Å². The molecular formula is C20H24FN5O2. The first-order valence-corrected chi connectivity index (χ1v) is 9.51. The molecule has 2 aliphatic heterocycles. The van der Waals surface area contributed by atoms with Crippen molar-refractivity contribution in [1.29, 1.82) is 0 Å². The van der Waals surface area contributed by atoms with Crippen LogP contribution in [0, 0.1) is 11.7 Å². The number of carbonyl (C=O) groups is 2. The highest BCUT2D eigenvalue weighted by atomic mass is 19.1. The number of likely N-dealkylation sites (tertiary alicyclic amines) is 1. The summed E-state index contributed by atoms with van der Waals surface area (Å²) in [6, 6.07) is 3.06. The lowest BCUT2D eigenvalue weighted by molar-refractivity contribution is -0.140. The lowest BCUT2D eigenvalue weighted by Gasteiger charge is -2.37. The average Bonchev–Trinajstić information content (AvgIpc) is 3.12. The predicted molar refractivity (Wildman–Crippen MR) is 102 cm³/mol. The van der Waals surface area contributed by atoms with Gasteiger partial charge < -0.3 is 15.5 Å². The fourth-order valence-electron chi connectivity index (χ4n) is 4.22. The monoisotopic (exact) mass is 385 g/mol.